The number of nitrogens with zero attached hydrogens (tertiary/aromatic N) is 1. The van der Waals surface area contributed by atoms with Gasteiger partial charge >= 0.3 is 11.8 Å². The van der Waals surface area contributed by atoms with Crippen molar-refractivity contribution >= 4 is 11.8 Å². The largest absolute Gasteiger partial charge is 0.343 e. The summed E-state index contributed by atoms with van der Waals surface area (Å²) in [5.41, 5.74) is -0.360. The van der Waals surface area contributed by atoms with Crippen LogP contribution in [0.25, 0.3) is 0 Å². The Bertz CT molecular complexity index is 277. The van der Waals surface area contributed by atoms with E-state index < -0.39 is 11.8 Å². The monoisotopic (exact) mass is 211 g/mol. The number of carbonyl (C=O) groups excluding carboxylic acids is 2. The number of nitriles is 1. The molecule has 15 heavy (non-hydrogen) atoms. The van der Waals surface area contributed by atoms with Crippen LogP contribution in [-0.4, -0.2) is 23.9 Å². The third-order valence-corrected chi connectivity index (χ3v) is 2.51. The first-order chi connectivity index (χ1) is 6.99. The first-order valence-electron chi connectivity index (χ1n) is 4.96. The van der Waals surface area contributed by atoms with E-state index in [2.05, 4.69) is 10.6 Å². The Labute approximate surface area is 89.8 Å². The van der Waals surface area contributed by atoms with Crippen molar-refractivity contribution in [2.24, 2.45) is 0 Å². The van der Waals surface area contributed by atoms with Crippen LogP contribution in [0.3, 0.4) is 0 Å². The minimum atomic E-state index is -0.760. The van der Waals surface area contributed by atoms with Gasteiger partial charge in [0.25, 0.3) is 0 Å². The molecular weight excluding hydrogens is 194 g/mol. The summed E-state index contributed by atoms with van der Waals surface area (Å²) in [7, 11) is 0. The summed E-state index contributed by atoms with van der Waals surface area (Å²) < 4.78 is 0. The molecule has 0 aromatic rings. The minimum absolute atomic E-state index is 0.152. The molecule has 0 spiro atoms. The Kier molecular flexibility index (Phi) is 5.39. The Morgan fingerprint density at radius 2 is 1.80 bits per heavy atom. The van der Waals surface area contributed by atoms with Crippen LogP contribution in [0.5, 0.6) is 0 Å². The van der Waals surface area contributed by atoms with Crippen molar-refractivity contribution in [1.29, 1.82) is 5.26 Å². The van der Waals surface area contributed by atoms with E-state index in [4.69, 9.17) is 5.26 Å². The van der Waals surface area contributed by atoms with Gasteiger partial charge < -0.3 is 10.6 Å². The van der Waals surface area contributed by atoms with E-state index in [0.717, 1.165) is 12.8 Å². The van der Waals surface area contributed by atoms with Crippen molar-refractivity contribution in [3.63, 3.8) is 0 Å². The number of hydrogen-bond acceptors (Lipinski definition) is 3. The molecule has 84 valence electrons. The highest BCUT2D eigenvalue weighted by Crippen LogP contribution is 2.12. The zero-order valence-corrected chi connectivity index (χ0v) is 9.39. The summed E-state index contributed by atoms with van der Waals surface area (Å²) in [5, 5.41) is 13.1. The summed E-state index contributed by atoms with van der Waals surface area (Å²) in [6.45, 7) is 5.61. The minimum Gasteiger partial charge on any atom is -0.343 e. The van der Waals surface area contributed by atoms with Crippen LogP contribution in [0.2, 0.25) is 0 Å². The van der Waals surface area contributed by atoms with Gasteiger partial charge in [0.1, 0.15) is 6.54 Å². The Morgan fingerprint density at radius 1 is 1.27 bits per heavy atom. The standard InChI is InChI=1S/C10H17N3O2/c1-4-10(3,5-2)13-9(15)8(14)12-7-6-11/h4-5,7H2,1-3H3,(H,12,14)(H,13,15). The van der Waals surface area contributed by atoms with Crippen LogP contribution in [0.15, 0.2) is 0 Å². The SMILES string of the molecule is CCC(C)(CC)NC(=O)C(=O)NCC#N. The molecule has 0 unspecified atom stereocenters. The second-order valence-electron chi connectivity index (χ2n) is 3.56. The molecule has 0 heterocycles. The van der Waals surface area contributed by atoms with Gasteiger partial charge in [-0.05, 0) is 19.8 Å². The summed E-state index contributed by atoms with van der Waals surface area (Å²) in [4.78, 5) is 22.5. The van der Waals surface area contributed by atoms with E-state index in [0.29, 0.717) is 0 Å². The van der Waals surface area contributed by atoms with Crippen LogP contribution >= 0.6 is 0 Å². The molecule has 2 amide bonds. The van der Waals surface area contributed by atoms with Gasteiger partial charge in [-0.15, -0.1) is 0 Å². The van der Waals surface area contributed by atoms with E-state index in [1.165, 1.54) is 0 Å². The smallest absolute Gasteiger partial charge is 0.310 e. The summed E-state index contributed by atoms with van der Waals surface area (Å²) in [6.07, 6.45) is 1.50. The lowest BCUT2D eigenvalue weighted by Gasteiger charge is -2.27. The lowest BCUT2D eigenvalue weighted by atomic mass is 9.95. The van der Waals surface area contributed by atoms with E-state index in [1.54, 1.807) is 6.07 Å². The van der Waals surface area contributed by atoms with Gasteiger partial charge in [0.05, 0.1) is 6.07 Å². The lowest BCUT2D eigenvalue weighted by Crippen LogP contribution is -2.50. The molecule has 5 heteroatoms. The molecule has 0 aromatic carbocycles. The van der Waals surface area contributed by atoms with E-state index in [-0.39, 0.29) is 12.1 Å². The van der Waals surface area contributed by atoms with Gasteiger partial charge in [-0.2, -0.15) is 5.26 Å². The van der Waals surface area contributed by atoms with Crippen LogP contribution in [-0.2, 0) is 9.59 Å². The Balaban J connectivity index is 4.24. The maximum absolute atomic E-state index is 11.3. The van der Waals surface area contributed by atoms with Gasteiger partial charge in [0, 0.05) is 5.54 Å². The molecule has 5 nitrogen and oxygen atoms in total. The zero-order chi connectivity index (χ0) is 11.9. The predicted octanol–water partition coefficient (Wildman–Crippen LogP) is 0.321. The van der Waals surface area contributed by atoms with Gasteiger partial charge in [-0.1, -0.05) is 13.8 Å². The molecule has 0 aliphatic heterocycles. The predicted molar refractivity (Wildman–Crippen MR) is 55.8 cm³/mol. The molecule has 0 aliphatic rings. The van der Waals surface area contributed by atoms with Crippen LogP contribution in [0.1, 0.15) is 33.6 Å². The fourth-order valence-electron chi connectivity index (χ4n) is 0.958. The van der Waals surface area contributed by atoms with Crippen LogP contribution in [0, 0.1) is 11.3 Å². The van der Waals surface area contributed by atoms with Crippen LogP contribution in [0.4, 0.5) is 0 Å². The molecule has 0 rings (SSSR count). The Hall–Kier alpha value is -1.57. The van der Waals surface area contributed by atoms with Crippen molar-refractivity contribution in [1.82, 2.24) is 10.6 Å². The van der Waals surface area contributed by atoms with Crippen molar-refractivity contribution in [3.05, 3.63) is 0 Å². The molecule has 0 aromatic heterocycles. The number of rotatable bonds is 4. The Morgan fingerprint density at radius 3 is 2.20 bits per heavy atom. The average Bonchev–Trinajstić information content (AvgIpc) is 2.25. The maximum Gasteiger partial charge on any atom is 0.310 e. The van der Waals surface area contributed by atoms with Crippen molar-refractivity contribution in [2.75, 3.05) is 6.54 Å². The molecule has 0 atom stereocenters. The molecule has 2 N–H and O–H groups in total. The molecule has 0 saturated carbocycles. The van der Waals surface area contributed by atoms with Crippen molar-refractivity contribution < 1.29 is 9.59 Å². The zero-order valence-electron chi connectivity index (χ0n) is 9.39. The topological polar surface area (TPSA) is 82.0 Å². The van der Waals surface area contributed by atoms with Gasteiger partial charge in [0.15, 0.2) is 0 Å². The lowest BCUT2D eigenvalue weighted by molar-refractivity contribution is -0.140. The summed E-state index contributed by atoms with van der Waals surface area (Å²) >= 11 is 0. The quantitative estimate of drug-likeness (QED) is 0.519. The molecule has 0 radical (unpaired) electrons. The molecule has 0 bridgehead atoms. The van der Waals surface area contributed by atoms with Crippen molar-refractivity contribution in [2.45, 2.75) is 39.2 Å². The second-order valence-corrected chi connectivity index (χ2v) is 3.56. The van der Waals surface area contributed by atoms with Crippen LogP contribution < -0.4 is 10.6 Å². The normalized spacial score (nSPS) is 10.3. The van der Waals surface area contributed by atoms with Gasteiger partial charge in [-0.3, -0.25) is 9.59 Å². The summed E-state index contributed by atoms with van der Waals surface area (Å²) in [5.74, 6) is -1.44. The second kappa shape index (κ2) is 6.02. The third kappa shape index (κ3) is 4.45. The fourth-order valence-corrected chi connectivity index (χ4v) is 0.958. The highest BCUT2D eigenvalue weighted by molar-refractivity contribution is 6.35. The average molecular weight is 211 g/mol. The highest BCUT2D eigenvalue weighted by Gasteiger charge is 2.25. The maximum atomic E-state index is 11.3. The molecular formula is C10H17N3O2. The molecule has 0 aliphatic carbocycles. The van der Waals surface area contributed by atoms with Crippen molar-refractivity contribution in [3.8, 4) is 6.07 Å². The van der Waals surface area contributed by atoms with E-state index >= 15 is 0 Å². The number of nitrogens with one attached hydrogen (secondary N) is 2. The van der Waals surface area contributed by atoms with E-state index in [1.807, 2.05) is 20.8 Å². The number of hydrogen-bond donors (Lipinski definition) is 2. The van der Waals surface area contributed by atoms with Gasteiger partial charge in [0.2, 0.25) is 0 Å². The third-order valence-electron chi connectivity index (χ3n) is 2.51. The molecule has 0 fully saturated rings. The number of amides is 2. The first-order valence-corrected chi connectivity index (χ1v) is 4.96. The number of carbonyl (C=O) groups is 2. The summed E-state index contributed by atoms with van der Waals surface area (Å²) in [6, 6.07) is 1.73. The highest BCUT2D eigenvalue weighted by atomic mass is 16.2. The first kappa shape index (κ1) is 13.4. The molecule has 0 saturated heterocycles. The fraction of sp³-hybridized carbons (Fsp3) is 0.700. The van der Waals surface area contributed by atoms with Gasteiger partial charge in [-0.25, -0.2) is 0 Å². The van der Waals surface area contributed by atoms with E-state index in [9.17, 15) is 9.59 Å².